The number of pyridine rings is 1. The molecule has 0 atom stereocenters. The van der Waals surface area contributed by atoms with E-state index in [-0.39, 0.29) is 0 Å². The highest BCUT2D eigenvalue weighted by Crippen LogP contribution is 2.40. The van der Waals surface area contributed by atoms with Crippen molar-refractivity contribution in [2.45, 2.75) is 44.9 Å². The second kappa shape index (κ2) is 7.04. The molecule has 3 nitrogen and oxygen atoms in total. The van der Waals surface area contributed by atoms with Gasteiger partial charge in [-0.15, -0.1) is 0 Å². The van der Waals surface area contributed by atoms with Crippen LogP contribution in [0.3, 0.4) is 0 Å². The Balaban J connectivity index is 1.74. The van der Waals surface area contributed by atoms with Crippen LogP contribution in [0.25, 0.3) is 33.2 Å². The van der Waals surface area contributed by atoms with Gasteiger partial charge in [0.2, 0.25) is 5.69 Å². The molecule has 1 fully saturated rings. The molecule has 144 valence electrons. The van der Waals surface area contributed by atoms with Gasteiger partial charge in [0.05, 0.1) is 5.56 Å². The van der Waals surface area contributed by atoms with Crippen molar-refractivity contribution in [3.63, 3.8) is 0 Å². The first-order valence-electron chi connectivity index (χ1n) is 10.5. The highest BCUT2D eigenvalue weighted by Gasteiger charge is 2.23. The standard InChI is InChI=1S/C26H25N2O/c1-17-14-25-22(15-21(17)24-10-6-7-13-28(24)2)20-12-11-19(18-8-4-3-5-9-18)23(16-27)26(20)29-25/h6-7,10-15,18H,3-5,8-9H2,1-2H3/q+1. The van der Waals surface area contributed by atoms with Crippen molar-refractivity contribution in [1.82, 2.24) is 0 Å². The molecule has 3 heteroatoms. The van der Waals surface area contributed by atoms with Gasteiger partial charge in [-0.3, -0.25) is 0 Å². The van der Waals surface area contributed by atoms with Gasteiger partial charge in [-0.2, -0.15) is 5.26 Å². The summed E-state index contributed by atoms with van der Waals surface area (Å²) in [5.74, 6) is 0.483. The van der Waals surface area contributed by atoms with E-state index in [0.717, 1.165) is 27.5 Å². The molecule has 0 saturated heterocycles. The number of aryl methyl sites for hydroxylation is 2. The summed E-state index contributed by atoms with van der Waals surface area (Å²) in [5.41, 5.74) is 7.04. The molecule has 0 unspecified atom stereocenters. The Morgan fingerprint density at radius 1 is 1.03 bits per heavy atom. The number of nitrogens with zero attached hydrogens (tertiary/aromatic N) is 2. The lowest BCUT2D eigenvalue weighted by atomic mass is 9.82. The Bertz CT molecular complexity index is 1270. The second-order valence-corrected chi connectivity index (χ2v) is 8.32. The molecule has 0 bridgehead atoms. The topological polar surface area (TPSA) is 40.8 Å². The predicted octanol–water partition coefficient (Wildman–Crippen LogP) is 6.31. The Morgan fingerprint density at radius 3 is 2.62 bits per heavy atom. The lowest BCUT2D eigenvalue weighted by Gasteiger charge is -2.22. The van der Waals surface area contributed by atoms with Crippen molar-refractivity contribution in [3.05, 3.63) is 65.4 Å². The van der Waals surface area contributed by atoms with Crippen molar-refractivity contribution >= 4 is 21.9 Å². The predicted molar refractivity (Wildman–Crippen MR) is 116 cm³/mol. The number of benzene rings is 2. The van der Waals surface area contributed by atoms with Crippen LogP contribution < -0.4 is 4.57 Å². The first-order chi connectivity index (χ1) is 14.2. The van der Waals surface area contributed by atoms with E-state index in [9.17, 15) is 5.26 Å². The first-order valence-corrected chi connectivity index (χ1v) is 10.5. The molecule has 1 aliphatic rings. The van der Waals surface area contributed by atoms with Crippen LogP contribution in [-0.2, 0) is 7.05 Å². The SMILES string of the molecule is Cc1cc2oc3c(C#N)c(C4CCCCC4)ccc3c2cc1-c1cccc[n+]1C. The van der Waals surface area contributed by atoms with E-state index in [1.54, 1.807) is 0 Å². The van der Waals surface area contributed by atoms with E-state index >= 15 is 0 Å². The minimum absolute atomic E-state index is 0.483. The van der Waals surface area contributed by atoms with E-state index in [1.165, 1.54) is 54.5 Å². The lowest BCUT2D eigenvalue weighted by molar-refractivity contribution is -0.660. The quantitative estimate of drug-likeness (QED) is 0.382. The number of furan rings is 1. The molecule has 2 heterocycles. The summed E-state index contributed by atoms with van der Waals surface area (Å²) >= 11 is 0. The molecule has 0 aliphatic heterocycles. The summed E-state index contributed by atoms with van der Waals surface area (Å²) in [6, 6.07) is 17.4. The average Bonchev–Trinajstić information content (AvgIpc) is 3.11. The zero-order chi connectivity index (χ0) is 20.0. The number of fused-ring (bicyclic) bond motifs is 3. The molecule has 0 spiro atoms. The van der Waals surface area contributed by atoms with Crippen molar-refractivity contribution in [3.8, 4) is 17.3 Å². The summed E-state index contributed by atoms with van der Waals surface area (Å²) in [6.45, 7) is 2.12. The number of nitriles is 1. The summed E-state index contributed by atoms with van der Waals surface area (Å²) in [4.78, 5) is 0. The maximum atomic E-state index is 9.98. The summed E-state index contributed by atoms with van der Waals surface area (Å²) in [7, 11) is 2.07. The van der Waals surface area contributed by atoms with Crippen molar-refractivity contribution < 1.29 is 8.98 Å². The molecule has 29 heavy (non-hydrogen) atoms. The maximum absolute atomic E-state index is 9.98. The molecule has 2 aromatic heterocycles. The molecule has 4 aromatic rings. The summed E-state index contributed by atoms with van der Waals surface area (Å²) in [5, 5.41) is 12.1. The number of aromatic nitrogens is 1. The van der Waals surface area contributed by atoms with Crippen LogP contribution in [0.4, 0.5) is 0 Å². The Morgan fingerprint density at radius 2 is 1.86 bits per heavy atom. The van der Waals surface area contributed by atoms with Gasteiger partial charge in [0.1, 0.15) is 18.7 Å². The normalized spacial score (nSPS) is 15.1. The minimum atomic E-state index is 0.483. The van der Waals surface area contributed by atoms with Crippen LogP contribution in [-0.4, -0.2) is 0 Å². The van der Waals surface area contributed by atoms with Crippen LogP contribution in [0, 0.1) is 18.3 Å². The average molecular weight is 381 g/mol. The third-order valence-electron chi connectivity index (χ3n) is 6.51. The van der Waals surface area contributed by atoms with Crippen molar-refractivity contribution in [2.24, 2.45) is 7.05 Å². The molecule has 2 aromatic carbocycles. The summed E-state index contributed by atoms with van der Waals surface area (Å²) < 4.78 is 8.42. The van der Waals surface area contributed by atoms with Crippen LogP contribution in [0.5, 0.6) is 0 Å². The lowest BCUT2D eigenvalue weighted by Crippen LogP contribution is -2.30. The minimum Gasteiger partial charge on any atom is -0.455 e. The zero-order valence-electron chi connectivity index (χ0n) is 17.0. The number of hydrogen-bond donors (Lipinski definition) is 0. The zero-order valence-corrected chi connectivity index (χ0v) is 17.0. The maximum Gasteiger partial charge on any atom is 0.212 e. The monoisotopic (exact) mass is 381 g/mol. The Hall–Kier alpha value is -3.12. The third-order valence-corrected chi connectivity index (χ3v) is 6.51. The summed E-state index contributed by atoms with van der Waals surface area (Å²) in [6.07, 6.45) is 8.23. The van der Waals surface area contributed by atoms with Crippen LogP contribution in [0.2, 0.25) is 0 Å². The van der Waals surface area contributed by atoms with Crippen LogP contribution >= 0.6 is 0 Å². The van der Waals surface area contributed by atoms with Crippen LogP contribution in [0.1, 0.15) is 54.7 Å². The fourth-order valence-electron chi connectivity index (χ4n) is 4.95. The molecule has 5 rings (SSSR count). The third kappa shape index (κ3) is 2.91. The van der Waals surface area contributed by atoms with Gasteiger partial charge in [-0.05, 0) is 55.0 Å². The molecule has 0 amide bonds. The van der Waals surface area contributed by atoms with E-state index in [1.807, 2.05) is 6.07 Å². The molecule has 1 aliphatic carbocycles. The number of hydrogen-bond acceptors (Lipinski definition) is 2. The fourth-order valence-corrected chi connectivity index (χ4v) is 4.95. The molecular formula is C26H25N2O+. The van der Waals surface area contributed by atoms with Crippen LogP contribution in [0.15, 0.2) is 53.1 Å². The molecule has 0 N–H and O–H groups in total. The van der Waals surface area contributed by atoms with Gasteiger partial charge < -0.3 is 4.42 Å². The van der Waals surface area contributed by atoms with Gasteiger partial charge in [0.15, 0.2) is 11.8 Å². The fraction of sp³-hybridized carbons (Fsp3) is 0.308. The molecule has 1 saturated carbocycles. The van der Waals surface area contributed by atoms with Gasteiger partial charge in [0.25, 0.3) is 0 Å². The first kappa shape index (κ1) is 17.9. The van der Waals surface area contributed by atoms with Crippen molar-refractivity contribution in [2.75, 3.05) is 0 Å². The van der Waals surface area contributed by atoms with E-state index in [2.05, 4.69) is 67.2 Å². The van der Waals surface area contributed by atoms with Gasteiger partial charge in [-0.1, -0.05) is 31.4 Å². The highest BCUT2D eigenvalue weighted by molar-refractivity contribution is 6.08. The Kier molecular flexibility index (Phi) is 4.36. The smallest absolute Gasteiger partial charge is 0.212 e. The van der Waals surface area contributed by atoms with Gasteiger partial charge in [-0.25, -0.2) is 4.57 Å². The van der Waals surface area contributed by atoms with Gasteiger partial charge >= 0.3 is 0 Å². The highest BCUT2D eigenvalue weighted by atomic mass is 16.3. The molecule has 0 radical (unpaired) electrons. The van der Waals surface area contributed by atoms with E-state index < -0.39 is 0 Å². The molecular weight excluding hydrogens is 356 g/mol. The van der Waals surface area contributed by atoms with E-state index in [4.69, 9.17) is 4.42 Å². The largest absolute Gasteiger partial charge is 0.455 e. The van der Waals surface area contributed by atoms with Crippen molar-refractivity contribution in [1.29, 1.82) is 5.26 Å². The van der Waals surface area contributed by atoms with Gasteiger partial charge in [0, 0.05) is 28.5 Å². The second-order valence-electron chi connectivity index (χ2n) is 8.32. The van der Waals surface area contributed by atoms with E-state index in [0.29, 0.717) is 5.92 Å². The number of rotatable bonds is 2. The Labute approximate surface area is 171 Å².